The first-order valence-corrected chi connectivity index (χ1v) is 13.5. The molecule has 5 aromatic rings. The molecule has 0 fully saturated rings. The van der Waals surface area contributed by atoms with E-state index >= 15 is 0 Å². The number of rotatable bonds is 2. The third kappa shape index (κ3) is 3.46. The fourth-order valence-corrected chi connectivity index (χ4v) is 6.38. The molecule has 7 rings (SSSR count). The maximum Gasteiger partial charge on any atom is 0.350 e. The van der Waals surface area contributed by atoms with Gasteiger partial charge in [-0.25, -0.2) is 9.78 Å². The zero-order valence-electron chi connectivity index (χ0n) is 22.6. The summed E-state index contributed by atoms with van der Waals surface area (Å²) in [6.45, 7) is 10.8. The van der Waals surface area contributed by atoms with E-state index in [1.165, 1.54) is 11.3 Å². The van der Waals surface area contributed by atoms with Crippen molar-refractivity contribution in [2.24, 2.45) is 0 Å². The molecule has 2 aromatic heterocycles. The van der Waals surface area contributed by atoms with Crippen molar-refractivity contribution in [1.29, 1.82) is 5.26 Å². The Morgan fingerprint density at radius 3 is 2.41 bits per heavy atom. The summed E-state index contributed by atoms with van der Waals surface area (Å²) in [4.78, 5) is 20.7. The number of benzene rings is 3. The largest absolute Gasteiger partial charge is 0.436 e. The average molecular weight is 516 g/mol. The molecule has 0 bridgehead atoms. The lowest BCUT2D eigenvalue weighted by Gasteiger charge is -2.48. The van der Waals surface area contributed by atoms with E-state index in [1.807, 2.05) is 48.5 Å². The van der Waals surface area contributed by atoms with E-state index in [0.717, 1.165) is 42.6 Å². The molecule has 6 nitrogen and oxygen atoms in total. The van der Waals surface area contributed by atoms with Gasteiger partial charge in [0.25, 0.3) is 0 Å². The molecule has 0 atom stereocenters. The molecule has 4 heterocycles. The molecule has 2 aliphatic heterocycles. The molecular formula is C33H29N3O3. The highest BCUT2D eigenvalue weighted by atomic mass is 16.4. The van der Waals surface area contributed by atoms with Gasteiger partial charge in [-0.1, -0.05) is 64.1 Å². The van der Waals surface area contributed by atoms with Gasteiger partial charge in [-0.15, -0.1) is 0 Å². The lowest BCUT2D eigenvalue weighted by molar-refractivity contribution is 0.398. The SMILES string of the molecule is CC1(C)CCN2CCC(C)(C)c3c2c1cc1c(C#N)c(-c2nc4cc(-c5ccccc5)ccc4o2)c(=O)oc31. The van der Waals surface area contributed by atoms with Gasteiger partial charge in [0.05, 0.1) is 5.56 Å². The third-order valence-electron chi connectivity index (χ3n) is 8.73. The Hall–Kier alpha value is -4.37. The second-order valence-electron chi connectivity index (χ2n) is 12.1. The molecule has 0 amide bonds. The highest BCUT2D eigenvalue weighted by molar-refractivity contribution is 5.97. The number of oxazole rings is 1. The lowest BCUT2D eigenvalue weighted by atomic mass is 9.69. The van der Waals surface area contributed by atoms with Crippen molar-refractivity contribution in [3.05, 3.63) is 81.7 Å². The maximum atomic E-state index is 13.6. The number of fused-ring (bicyclic) bond motifs is 3. The van der Waals surface area contributed by atoms with E-state index < -0.39 is 5.63 Å². The summed E-state index contributed by atoms with van der Waals surface area (Å²) < 4.78 is 12.2. The molecule has 194 valence electrons. The van der Waals surface area contributed by atoms with Crippen LogP contribution in [0.2, 0.25) is 0 Å². The Balaban J connectivity index is 1.50. The van der Waals surface area contributed by atoms with Gasteiger partial charge in [-0.2, -0.15) is 5.26 Å². The van der Waals surface area contributed by atoms with E-state index in [-0.39, 0.29) is 27.8 Å². The van der Waals surface area contributed by atoms with Crippen LogP contribution >= 0.6 is 0 Å². The second kappa shape index (κ2) is 8.07. The molecule has 0 saturated carbocycles. The second-order valence-corrected chi connectivity index (χ2v) is 12.1. The molecule has 39 heavy (non-hydrogen) atoms. The number of hydrogen-bond donors (Lipinski definition) is 0. The van der Waals surface area contributed by atoms with Crippen LogP contribution in [-0.2, 0) is 10.8 Å². The first-order chi connectivity index (χ1) is 18.7. The topological polar surface area (TPSA) is 83.3 Å². The van der Waals surface area contributed by atoms with Crippen LogP contribution in [0, 0.1) is 11.3 Å². The van der Waals surface area contributed by atoms with Crippen LogP contribution < -0.4 is 10.5 Å². The fourth-order valence-electron chi connectivity index (χ4n) is 6.38. The van der Waals surface area contributed by atoms with Gasteiger partial charge in [0, 0.05) is 29.7 Å². The smallest absolute Gasteiger partial charge is 0.350 e. The monoisotopic (exact) mass is 515 g/mol. The fraction of sp³-hybridized carbons (Fsp3) is 0.303. The van der Waals surface area contributed by atoms with Gasteiger partial charge >= 0.3 is 5.63 Å². The Kier molecular flexibility index (Phi) is 4.91. The van der Waals surface area contributed by atoms with Gasteiger partial charge in [0.1, 0.15) is 22.7 Å². The van der Waals surface area contributed by atoms with Crippen LogP contribution in [0.15, 0.2) is 68.2 Å². The van der Waals surface area contributed by atoms with Crippen molar-refractivity contribution in [3.63, 3.8) is 0 Å². The number of nitriles is 1. The minimum Gasteiger partial charge on any atom is -0.436 e. The summed E-state index contributed by atoms with van der Waals surface area (Å²) in [7, 11) is 0. The van der Waals surface area contributed by atoms with Crippen molar-refractivity contribution in [3.8, 4) is 28.7 Å². The van der Waals surface area contributed by atoms with Crippen molar-refractivity contribution in [2.45, 2.75) is 51.4 Å². The zero-order chi connectivity index (χ0) is 27.1. The molecule has 0 aliphatic carbocycles. The van der Waals surface area contributed by atoms with Gasteiger partial charge in [0.2, 0.25) is 5.89 Å². The number of aromatic nitrogens is 1. The average Bonchev–Trinajstić information content (AvgIpc) is 3.34. The minimum atomic E-state index is -0.604. The van der Waals surface area contributed by atoms with Crippen LogP contribution in [0.3, 0.4) is 0 Å². The molecule has 3 aromatic carbocycles. The predicted octanol–water partition coefficient (Wildman–Crippen LogP) is 7.31. The highest BCUT2D eigenvalue weighted by Crippen LogP contribution is 2.52. The van der Waals surface area contributed by atoms with E-state index in [4.69, 9.17) is 8.83 Å². The number of nitrogens with zero attached hydrogens (tertiary/aromatic N) is 3. The summed E-state index contributed by atoms with van der Waals surface area (Å²) in [6, 6.07) is 20.2. The normalized spacial score (nSPS) is 17.3. The van der Waals surface area contributed by atoms with E-state index in [9.17, 15) is 10.1 Å². The molecule has 0 unspecified atom stereocenters. The Morgan fingerprint density at radius 2 is 1.67 bits per heavy atom. The third-order valence-corrected chi connectivity index (χ3v) is 8.73. The van der Waals surface area contributed by atoms with Crippen molar-refractivity contribution in [2.75, 3.05) is 18.0 Å². The maximum absolute atomic E-state index is 13.6. The van der Waals surface area contributed by atoms with Crippen LogP contribution in [0.1, 0.15) is 57.2 Å². The zero-order valence-corrected chi connectivity index (χ0v) is 22.6. The van der Waals surface area contributed by atoms with Gasteiger partial charge in [0.15, 0.2) is 5.58 Å². The van der Waals surface area contributed by atoms with Crippen LogP contribution in [0.25, 0.3) is 44.7 Å². The number of anilines is 1. The van der Waals surface area contributed by atoms with Crippen LogP contribution in [0.5, 0.6) is 0 Å². The van der Waals surface area contributed by atoms with E-state index in [0.29, 0.717) is 22.1 Å². The molecular weight excluding hydrogens is 486 g/mol. The molecule has 0 radical (unpaired) electrons. The van der Waals surface area contributed by atoms with E-state index in [2.05, 4.69) is 49.7 Å². The molecule has 0 saturated heterocycles. The highest BCUT2D eigenvalue weighted by Gasteiger charge is 2.42. The molecule has 6 heteroatoms. The number of hydrogen-bond acceptors (Lipinski definition) is 6. The quantitative estimate of drug-likeness (QED) is 0.229. The Labute approximate surface area is 226 Å². The standard InChI is InChI=1S/C33H29N3O3/c1-32(2)12-14-36-15-13-33(3,4)27-28(36)23(32)17-21-22(18-34)26(31(37)39-29(21)27)30-35-24-16-20(10-11-25(24)38-30)19-8-6-5-7-9-19/h5-11,16-17H,12-15H2,1-4H3. The summed E-state index contributed by atoms with van der Waals surface area (Å²) in [5.41, 5.74) is 6.58. The van der Waals surface area contributed by atoms with Crippen LogP contribution in [-0.4, -0.2) is 18.1 Å². The summed E-state index contributed by atoms with van der Waals surface area (Å²) in [6.07, 6.45) is 1.97. The summed E-state index contributed by atoms with van der Waals surface area (Å²) in [5, 5.41) is 11.1. The van der Waals surface area contributed by atoms with Gasteiger partial charge < -0.3 is 13.7 Å². The Bertz CT molecular complexity index is 1900. The lowest BCUT2D eigenvalue weighted by Crippen LogP contribution is -2.44. The van der Waals surface area contributed by atoms with Crippen molar-refractivity contribution < 1.29 is 8.83 Å². The summed E-state index contributed by atoms with van der Waals surface area (Å²) >= 11 is 0. The van der Waals surface area contributed by atoms with Gasteiger partial charge in [-0.3, -0.25) is 0 Å². The molecule has 2 aliphatic rings. The predicted molar refractivity (Wildman–Crippen MR) is 153 cm³/mol. The van der Waals surface area contributed by atoms with Crippen LogP contribution in [0.4, 0.5) is 5.69 Å². The molecule has 0 spiro atoms. The summed E-state index contributed by atoms with van der Waals surface area (Å²) in [5.74, 6) is 0.105. The molecule has 0 N–H and O–H groups in total. The minimum absolute atomic E-state index is 0.0727. The van der Waals surface area contributed by atoms with E-state index in [1.54, 1.807) is 0 Å². The first-order valence-electron chi connectivity index (χ1n) is 13.5. The Morgan fingerprint density at radius 1 is 0.923 bits per heavy atom. The first kappa shape index (κ1) is 23.7. The van der Waals surface area contributed by atoms with Crippen molar-refractivity contribution >= 4 is 27.8 Å². The van der Waals surface area contributed by atoms with Crippen molar-refractivity contribution in [1.82, 2.24) is 4.98 Å². The van der Waals surface area contributed by atoms with Gasteiger partial charge in [-0.05, 0) is 58.6 Å².